The molecule has 3 heterocycles. The summed E-state index contributed by atoms with van der Waals surface area (Å²) in [6, 6.07) is 2.35. The number of carbonyl (C=O) groups excluding carboxylic acids is 1. The summed E-state index contributed by atoms with van der Waals surface area (Å²) < 4.78 is 6.57. The number of nitrogens with zero attached hydrogens (tertiary/aromatic N) is 2. The Morgan fingerprint density at radius 3 is 2.96 bits per heavy atom. The molecule has 0 aliphatic carbocycles. The second-order valence-corrected chi connectivity index (χ2v) is 6.18. The lowest BCUT2D eigenvalue weighted by Crippen LogP contribution is -2.49. The molecule has 1 saturated heterocycles. The first-order valence-electron chi connectivity index (χ1n) is 8.07. The molecule has 8 heteroatoms. The van der Waals surface area contributed by atoms with Crippen molar-refractivity contribution < 1.29 is 19.4 Å². The van der Waals surface area contributed by atoms with Crippen molar-refractivity contribution in [1.29, 1.82) is 0 Å². The van der Waals surface area contributed by atoms with Gasteiger partial charge in [0.25, 0.3) is 11.5 Å². The number of hydrogen-bond donors (Lipinski definition) is 2. The first-order chi connectivity index (χ1) is 12.0. The number of pyridine rings is 1. The zero-order valence-corrected chi connectivity index (χ0v) is 13.8. The lowest BCUT2D eigenvalue weighted by Gasteiger charge is -2.27. The van der Waals surface area contributed by atoms with Crippen molar-refractivity contribution in [3.8, 4) is 0 Å². The molecule has 3 rings (SSSR count). The summed E-state index contributed by atoms with van der Waals surface area (Å²) in [4.78, 5) is 40.6. The molecule has 0 aromatic carbocycles. The van der Waals surface area contributed by atoms with Gasteiger partial charge in [-0.05, 0) is 37.5 Å². The van der Waals surface area contributed by atoms with Gasteiger partial charge in [-0.25, -0.2) is 9.78 Å². The normalized spacial score (nSPS) is 18.7. The average molecular weight is 345 g/mol. The van der Waals surface area contributed by atoms with Crippen molar-refractivity contribution in [3.63, 3.8) is 0 Å². The number of amides is 1. The van der Waals surface area contributed by atoms with E-state index in [1.165, 1.54) is 10.6 Å². The van der Waals surface area contributed by atoms with E-state index in [0.717, 1.165) is 12.0 Å². The first kappa shape index (κ1) is 17.1. The molecule has 25 heavy (non-hydrogen) atoms. The highest BCUT2D eigenvalue weighted by Crippen LogP contribution is 2.18. The van der Waals surface area contributed by atoms with Crippen molar-refractivity contribution in [2.75, 3.05) is 13.2 Å². The molecule has 0 spiro atoms. The Balaban J connectivity index is 1.88. The minimum Gasteiger partial charge on any atom is -0.480 e. The van der Waals surface area contributed by atoms with E-state index >= 15 is 0 Å². The summed E-state index contributed by atoms with van der Waals surface area (Å²) in [5.41, 5.74) is 0.639. The topological polar surface area (TPSA) is 110 Å². The van der Waals surface area contributed by atoms with Gasteiger partial charge in [0.05, 0.1) is 6.61 Å². The summed E-state index contributed by atoms with van der Waals surface area (Å²) in [6.45, 7) is 2.73. The molecule has 2 aromatic rings. The fourth-order valence-corrected chi connectivity index (χ4v) is 2.96. The van der Waals surface area contributed by atoms with Gasteiger partial charge in [0.2, 0.25) is 0 Å². The number of aliphatic carboxylic acids is 1. The third kappa shape index (κ3) is 3.53. The molecule has 0 radical (unpaired) electrons. The van der Waals surface area contributed by atoms with Crippen LogP contribution in [-0.4, -0.2) is 45.6 Å². The second-order valence-electron chi connectivity index (χ2n) is 6.18. The van der Waals surface area contributed by atoms with E-state index in [-0.39, 0.29) is 18.1 Å². The highest BCUT2D eigenvalue weighted by molar-refractivity contribution is 5.96. The van der Waals surface area contributed by atoms with Gasteiger partial charge in [-0.3, -0.25) is 14.0 Å². The number of carboxylic acid groups (broad SMARTS) is 1. The predicted molar refractivity (Wildman–Crippen MR) is 88.6 cm³/mol. The first-order valence-corrected chi connectivity index (χ1v) is 8.07. The molecule has 2 atom stereocenters. The Morgan fingerprint density at radius 2 is 2.28 bits per heavy atom. The summed E-state index contributed by atoms with van der Waals surface area (Å²) in [5, 5.41) is 11.9. The van der Waals surface area contributed by atoms with E-state index in [1.807, 2.05) is 6.92 Å². The zero-order valence-electron chi connectivity index (χ0n) is 13.8. The minimum absolute atomic E-state index is 0.190. The number of ether oxygens (including phenoxy) is 1. The SMILES string of the molecule is Cc1ccn2c(=O)c(C(=O)NC(C(=O)O)C3CCCOC3)cnc2c1. The molecule has 1 aliphatic rings. The molecule has 2 aromatic heterocycles. The van der Waals surface area contributed by atoms with Crippen LogP contribution in [0.15, 0.2) is 29.3 Å². The number of nitrogens with one attached hydrogen (secondary N) is 1. The van der Waals surface area contributed by atoms with Crippen molar-refractivity contribution in [3.05, 3.63) is 46.0 Å². The Labute approximate surface area is 143 Å². The van der Waals surface area contributed by atoms with Crippen molar-refractivity contribution in [2.45, 2.75) is 25.8 Å². The van der Waals surface area contributed by atoms with Gasteiger partial charge in [0.15, 0.2) is 0 Å². The van der Waals surface area contributed by atoms with E-state index in [4.69, 9.17) is 4.74 Å². The van der Waals surface area contributed by atoms with E-state index in [0.29, 0.717) is 18.7 Å². The molecule has 8 nitrogen and oxygen atoms in total. The number of rotatable bonds is 4. The quantitative estimate of drug-likeness (QED) is 0.840. The molecular weight excluding hydrogens is 326 g/mol. The Bertz CT molecular complexity index is 870. The molecular formula is C17H19N3O5. The number of carbonyl (C=O) groups is 2. The van der Waals surface area contributed by atoms with Crippen LogP contribution in [0.3, 0.4) is 0 Å². The van der Waals surface area contributed by atoms with Gasteiger partial charge in [-0.2, -0.15) is 0 Å². The third-order valence-corrected chi connectivity index (χ3v) is 4.33. The van der Waals surface area contributed by atoms with E-state index in [2.05, 4.69) is 10.3 Å². The van der Waals surface area contributed by atoms with E-state index in [1.54, 1.807) is 18.3 Å². The Morgan fingerprint density at radius 1 is 1.48 bits per heavy atom. The van der Waals surface area contributed by atoms with Crippen molar-refractivity contribution >= 4 is 17.5 Å². The number of hydrogen-bond acceptors (Lipinski definition) is 5. The molecule has 1 amide bonds. The smallest absolute Gasteiger partial charge is 0.326 e. The van der Waals surface area contributed by atoms with Crippen LogP contribution in [0.25, 0.3) is 5.65 Å². The molecule has 1 aliphatic heterocycles. The fraction of sp³-hybridized carbons (Fsp3) is 0.412. The van der Waals surface area contributed by atoms with Gasteiger partial charge in [-0.1, -0.05) is 0 Å². The summed E-state index contributed by atoms with van der Waals surface area (Å²) >= 11 is 0. The lowest BCUT2D eigenvalue weighted by molar-refractivity contribution is -0.142. The summed E-state index contributed by atoms with van der Waals surface area (Å²) in [6.07, 6.45) is 4.11. The minimum atomic E-state index is -1.15. The molecule has 2 unspecified atom stereocenters. The number of aromatic nitrogens is 2. The maximum Gasteiger partial charge on any atom is 0.326 e. The highest BCUT2D eigenvalue weighted by Gasteiger charge is 2.32. The molecule has 1 fully saturated rings. The predicted octanol–water partition coefficient (Wildman–Crippen LogP) is 0.613. The monoisotopic (exact) mass is 345 g/mol. The van der Waals surface area contributed by atoms with E-state index < -0.39 is 23.5 Å². The third-order valence-electron chi connectivity index (χ3n) is 4.33. The second kappa shape index (κ2) is 7.02. The Hall–Kier alpha value is -2.74. The Kier molecular flexibility index (Phi) is 4.80. The lowest BCUT2D eigenvalue weighted by atomic mass is 9.93. The largest absolute Gasteiger partial charge is 0.480 e. The van der Waals surface area contributed by atoms with Gasteiger partial charge in [0, 0.05) is 24.9 Å². The maximum absolute atomic E-state index is 12.5. The van der Waals surface area contributed by atoms with Gasteiger partial charge in [0.1, 0.15) is 17.3 Å². The van der Waals surface area contributed by atoms with Crippen LogP contribution in [0, 0.1) is 12.8 Å². The van der Waals surface area contributed by atoms with Crippen molar-refractivity contribution in [1.82, 2.24) is 14.7 Å². The zero-order chi connectivity index (χ0) is 18.0. The number of carboxylic acids is 1. The van der Waals surface area contributed by atoms with Gasteiger partial charge < -0.3 is 15.2 Å². The van der Waals surface area contributed by atoms with Gasteiger partial charge in [-0.15, -0.1) is 0 Å². The molecule has 0 saturated carbocycles. The van der Waals surface area contributed by atoms with Crippen molar-refractivity contribution in [2.24, 2.45) is 5.92 Å². The van der Waals surface area contributed by atoms with Crippen LogP contribution in [0.1, 0.15) is 28.8 Å². The standard InChI is InChI=1S/C17H19N3O5/c1-10-4-5-20-13(7-10)18-8-12(16(20)22)15(21)19-14(17(23)24)11-3-2-6-25-9-11/h4-5,7-8,11,14H,2-3,6,9H2,1H3,(H,19,21)(H,23,24). The van der Waals surface area contributed by atoms with Gasteiger partial charge >= 0.3 is 5.97 Å². The molecule has 2 N–H and O–H groups in total. The van der Waals surface area contributed by atoms with E-state index in [9.17, 15) is 19.5 Å². The van der Waals surface area contributed by atoms with Crippen LogP contribution in [0.5, 0.6) is 0 Å². The van der Waals surface area contributed by atoms with Crippen LogP contribution in [-0.2, 0) is 9.53 Å². The van der Waals surface area contributed by atoms with Crippen LogP contribution >= 0.6 is 0 Å². The molecule has 132 valence electrons. The number of fused-ring (bicyclic) bond motifs is 1. The van der Waals surface area contributed by atoms with Crippen LogP contribution < -0.4 is 10.9 Å². The van der Waals surface area contributed by atoms with Crippen LogP contribution in [0.4, 0.5) is 0 Å². The highest BCUT2D eigenvalue weighted by atomic mass is 16.5. The number of aryl methyl sites for hydroxylation is 1. The summed E-state index contributed by atoms with van der Waals surface area (Å²) in [7, 11) is 0. The summed E-state index contributed by atoms with van der Waals surface area (Å²) in [5.74, 6) is -2.22. The fourth-order valence-electron chi connectivity index (χ4n) is 2.96. The average Bonchev–Trinajstić information content (AvgIpc) is 2.60. The molecule has 0 bridgehead atoms. The maximum atomic E-state index is 12.5. The van der Waals surface area contributed by atoms with Crippen LogP contribution in [0.2, 0.25) is 0 Å².